The Morgan fingerprint density at radius 1 is 1.28 bits per heavy atom. The second-order valence-electron chi connectivity index (χ2n) is 6.70. The van der Waals surface area contributed by atoms with E-state index in [2.05, 4.69) is 6.07 Å². The van der Waals surface area contributed by atoms with E-state index < -0.39 is 0 Å². The Labute approximate surface area is 169 Å². The van der Waals surface area contributed by atoms with E-state index in [1.165, 1.54) is 12.1 Å². The van der Waals surface area contributed by atoms with Crippen molar-refractivity contribution in [2.24, 2.45) is 5.73 Å². The first kappa shape index (κ1) is 21.9. The molecule has 1 fully saturated rings. The Hall–Kier alpha value is -3.40. The Morgan fingerprint density at radius 2 is 1.93 bits per heavy atom. The third-order valence-corrected chi connectivity index (χ3v) is 4.63. The molecule has 152 valence electrons. The first-order chi connectivity index (χ1) is 13.9. The molecule has 2 unspecified atom stereocenters. The van der Waals surface area contributed by atoms with Gasteiger partial charge in [0.2, 0.25) is 5.91 Å². The van der Waals surface area contributed by atoms with Crippen molar-refractivity contribution < 1.29 is 18.7 Å². The van der Waals surface area contributed by atoms with Crippen LogP contribution in [0.2, 0.25) is 0 Å². The zero-order chi connectivity index (χ0) is 21.2. The second-order valence-corrected chi connectivity index (χ2v) is 6.70. The Kier molecular flexibility index (Phi) is 8.16. The van der Waals surface area contributed by atoms with Crippen molar-refractivity contribution in [1.29, 1.82) is 5.26 Å². The van der Waals surface area contributed by atoms with E-state index in [1.807, 2.05) is 19.1 Å². The number of cyclic esters (lactones) is 1. The topological polar surface area (TPSA) is 96.4 Å². The molecule has 0 bridgehead atoms. The van der Waals surface area contributed by atoms with E-state index in [9.17, 15) is 14.0 Å². The van der Waals surface area contributed by atoms with Crippen LogP contribution >= 0.6 is 0 Å². The van der Waals surface area contributed by atoms with Gasteiger partial charge in [0.15, 0.2) is 0 Å². The minimum atomic E-state index is -0.385. The van der Waals surface area contributed by atoms with Gasteiger partial charge in [0.25, 0.3) is 0 Å². The summed E-state index contributed by atoms with van der Waals surface area (Å²) in [5.41, 5.74) is 6.64. The molecule has 7 heteroatoms. The van der Waals surface area contributed by atoms with Gasteiger partial charge in [-0.15, -0.1) is 0 Å². The molecule has 2 atom stereocenters. The van der Waals surface area contributed by atoms with Crippen LogP contribution in [-0.2, 0) is 9.53 Å². The fraction of sp³-hybridized carbons (Fsp3) is 0.318. The van der Waals surface area contributed by atoms with Crippen molar-refractivity contribution in [2.75, 3.05) is 6.54 Å². The van der Waals surface area contributed by atoms with Gasteiger partial charge in [-0.1, -0.05) is 30.3 Å². The van der Waals surface area contributed by atoms with Crippen molar-refractivity contribution in [1.82, 2.24) is 4.90 Å². The molecule has 0 spiro atoms. The van der Waals surface area contributed by atoms with E-state index >= 15 is 0 Å². The van der Waals surface area contributed by atoms with Crippen LogP contribution in [0.3, 0.4) is 0 Å². The van der Waals surface area contributed by atoms with E-state index in [4.69, 9.17) is 15.7 Å². The van der Waals surface area contributed by atoms with Gasteiger partial charge < -0.3 is 15.4 Å². The normalized spacial score (nSPS) is 16.7. The Bertz CT molecular complexity index is 850. The molecule has 0 aliphatic carbocycles. The third-order valence-electron chi connectivity index (χ3n) is 4.63. The number of benzene rings is 2. The highest BCUT2D eigenvalue weighted by molar-refractivity contribution is 5.74. The number of ether oxygens (including phenoxy) is 1. The number of hydrogen-bond acceptors (Lipinski definition) is 4. The van der Waals surface area contributed by atoms with Crippen LogP contribution in [0.4, 0.5) is 9.18 Å². The number of nitriles is 1. The van der Waals surface area contributed by atoms with E-state index in [1.54, 1.807) is 35.2 Å². The van der Waals surface area contributed by atoms with Gasteiger partial charge >= 0.3 is 6.09 Å². The average Bonchev–Trinajstić information content (AvgIpc) is 2.73. The number of halogens is 1. The van der Waals surface area contributed by atoms with Gasteiger partial charge in [-0.05, 0) is 43.2 Å². The number of amides is 2. The number of nitrogens with zero attached hydrogens (tertiary/aromatic N) is 2. The molecule has 2 N–H and O–H groups in total. The van der Waals surface area contributed by atoms with Crippen molar-refractivity contribution in [2.45, 2.75) is 38.3 Å². The second kappa shape index (κ2) is 10.8. The lowest BCUT2D eigenvalue weighted by Crippen LogP contribution is -2.43. The fourth-order valence-electron chi connectivity index (χ4n) is 2.93. The molecule has 0 saturated carbocycles. The van der Waals surface area contributed by atoms with Crippen LogP contribution in [0.25, 0.3) is 0 Å². The summed E-state index contributed by atoms with van der Waals surface area (Å²) in [6.45, 7) is 2.50. The van der Waals surface area contributed by atoms with Gasteiger partial charge in [0, 0.05) is 19.4 Å². The number of nitrogens with two attached hydrogens (primary N) is 1. The van der Waals surface area contributed by atoms with Gasteiger partial charge in [-0.3, -0.25) is 4.79 Å². The fourth-order valence-corrected chi connectivity index (χ4v) is 2.93. The quantitative estimate of drug-likeness (QED) is 0.827. The molecule has 0 radical (unpaired) electrons. The van der Waals surface area contributed by atoms with Crippen molar-refractivity contribution >= 4 is 12.0 Å². The summed E-state index contributed by atoms with van der Waals surface area (Å²) < 4.78 is 17.3. The largest absolute Gasteiger partial charge is 0.446 e. The van der Waals surface area contributed by atoms with E-state index in [0.717, 1.165) is 5.56 Å². The Morgan fingerprint density at radius 3 is 2.41 bits per heavy atom. The van der Waals surface area contributed by atoms with Crippen molar-refractivity contribution in [3.05, 3.63) is 71.5 Å². The SMILES string of the molecule is CC(c1ccc(C#N)cc1)N1CCC(CCC(N)=O)OC1=O.Fc1ccccc1. The van der Waals surface area contributed by atoms with Gasteiger partial charge in [0.1, 0.15) is 11.9 Å². The van der Waals surface area contributed by atoms with Crippen molar-refractivity contribution in [3.63, 3.8) is 0 Å². The maximum atomic E-state index is 12.1. The standard InChI is InChI=1S/C16H19N3O3.C6H5F/c1-11(13-4-2-12(10-17)3-5-13)19-9-8-14(22-16(19)21)6-7-15(18)20;7-6-4-2-1-3-5-6/h2-5,11,14H,6-9H2,1H3,(H2,18,20);1-5H. The highest BCUT2D eigenvalue weighted by Gasteiger charge is 2.30. The van der Waals surface area contributed by atoms with E-state index in [-0.39, 0.29) is 36.4 Å². The first-order valence-electron chi connectivity index (χ1n) is 9.37. The van der Waals surface area contributed by atoms with Crippen LogP contribution in [0, 0.1) is 17.1 Å². The molecule has 6 nitrogen and oxygen atoms in total. The number of primary amides is 1. The monoisotopic (exact) mass is 397 g/mol. The lowest BCUT2D eigenvalue weighted by Gasteiger charge is -2.35. The summed E-state index contributed by atoms with van der Waals surface area (Å²) in [5, 5.41) is 8.81. The molecule has 1 aliphatic rings. The molecular weight excluding hydrogens is 373 g/mol. The maximum Gasteiger partial charge on any atom is 0.410 e. The van der Waals surface area contributed by atoms with Crippen molar-refractivity contribution in [3.8, 4) is 6.07 Å². The minimum Gasteiger partial charge on any atom is -0.446 e. The average molecular weight is 397 g/mol. The van der Waals surface area contributed by atoms with Crippen LogP contribution in [0.15, 0.2) is 54.6 Å². The van der Waals surface area contributed by atoms with Gasteiger partial charge in [-0.25, -0.2) is 9.18 Å². The predicted octanol–water partition coefficient (Wildman–Crippen LogP) is 3.92. The highest BCUT2D eigenvalue weighted by atomic mass is 19.1. The van der Waals surface area contributed by atoms with E-state index in [0.29, 0.717) is 24.9 Å². The third kappa shape index (κ3) is 6.92. The first-order valence-corrected chi connectivity index (χ1v) is 9.37. The molecule has 0 aromatic heterocycles. The minimum absolute atomic E-state index is 0.127. The Balaban J connectivity index is 0.000000360. The number of carbonyl (C=O) groups excluding carboxylic acids is 2. The highest BCUT2D eigenvalue weighted by Crippen LogP contribution is 2.26. The lowest BCUT2D eigenvalue weighted by molar-refractivity contribution is -0.118. The summed E-state index contributed by atoms with van der Waals surface area (Å²) >= 11 is 0. The molecular formula is C22H24FN3O3. The molecule has 1 saturated heterocycles. The zero-order valence-electron chi connectivity index (χ0n) is 16.3. The smallest absolute Gasteiger partial charge is 0.410 e. The van der Waals surface area contributed by atoms with Gasteiger partial charge in [-0.2, -0.15) is 5.26 Å². The number of hydrogen-bond donors (Lipinski definition) is 1. The van der Waals surface area contributed by atoms with Crippen LogP contribution < -0.4 is 5.73 Å². The molecule has 2 amide bonds. The molecule has 1 heterocycles. The molecule has 2 aromatic carbocycles. The molecule has 29 heavy (non-hydrogen) atoms. The predicted molar refractivity (Wildman–Crippen MR) is 106 cm³/mol. The summed E-state index contributed by atoms with van der Waals surface area (Å²) in [4.78, 5) is 24.6. The lowest BCUT2D eigenvalue weighted by atomic mass is 10.0. The van der Waals surface area contributed by atoms with Crippen LogP contribution in [-0.4, -0.2) is 29.5 Å². The van der Waals surface area contributed by atoms with Crippen LogP contribution in [0.1, 0.15) is 43.4 Å². The zero-order valence-corrected chi connectivity index (χ0v) is 16.3. The summed E-state index contributed by atoms with van der Waals surface area (Å²) in [6.07, 6.45) is 0.755. The van der Waals surface area contributed by atoms with Crippen LogP contribution in [0.5, 0.6) is 0 Å². The van der Waals surface area contributed by atoms with Gasteiger partial charge in [0.05, 0.1) is 17.7 Å². The number of rotatable bonds is 5. The number of carbonyl (C=O) groups is 2. The molecule has 3 rings (SSSR count). The summed E-state index contributed by atoms with van der Waals surface area (Å²) in [7, 11) is 0. The maximum absolute atomic E-state index is 12.1. The summed E-state index contributed by atoms with van der Waals surface area (Å²) in [6, 6.07) is 17.0. The molecule has 2 aromatic rings. The summed E-state index contributed by atoms with van der Waals surface area (Å²) in [5.74, 6) is -0.563. The molecule has 1 aliphatic heterocycles.